The monoisotopic (exact) mass is 416 g/mol. The number of ether oxygens (including phenoxy) is 1. The van der Waals surface area contributed by atoms with Crippen molar-refractivity contribution in [3.05, 3.63) is 70.3 Å². The summed E-state index contributed by atoms with van der Waals surface area (Å²) in [6.07, 6.45) is 8.06. The third-order valence-corrected chi connectivity index (χ3v) is 6.53. The second-order valence-corrected chi connectivity index (χ2v) is 8.48. The summed E-state index contributed by atoms with van der Waals surface area (Å²) in [5.41, 5.74) is 12.7. The summed E-state index contributed by atoms with van der Waals surface area (Å²) in [4.78, 5) is 18.6. The fourth-order valence-corrected chi connectivity index (χ4v) is 4.83. The minimum atomic E-state index is -0.135. The number of nitrogens with two attached hydrogens (primary N) is 1. The van der Waals surface area contributed by atoms with Crippen molar-refractivity contribution in [2.24, 2.45) is 0 Å². The molecule has 1 atom stereocenters. The Morgan fingerprint density at radius 3 is 2.55 bits per heavy atom. The van der Waals surface area contributed by atoms with Gasteiger partial charge in [0.25, 0.3) is 0 Å². The molecule has 1 aromatic carbocycles. The number of aromatic nitrogens is 2. The van der Waals surface area contributed by atoms with Gasteiger partial charge < -0.3 is 20.8 Å². The summed E-state index contributed by atoms with van der Waals surface area (Å²) >= 11 is 0. The van der Waals surface area contributed by atoms with Crippen LogP contribution in [0, 0.1) is 0 Å². The zero-order valence-corrected chi connectivity index (χ0v) is 17.6. The Labute approximate surface area is 181 Å². The van der Waals surface area contributed by atoms with Crippen molar-refractivity contribution in [3.8, 4) is 22.3 Å². The van der Waals surface area contributed by atoms with Crippen LogP contribution < -0.4 is 16.6 Å². The van der Waals surface area contributed by atoms with Crippen LogP contribution in [0.25, 0.3) is 22.3 Å². The van der Waals surface area contributed by atoms with Gasteiger partial charge in [-0.2, -0.15) is 0 Å². The van der Waals surface area contributed by atoms with E-state index in [9.17, 15) is 4.79 Å². The van der Waals surface area contributed by atoms with Crippen LogP contribution in [0.2, 0.25) is 0 Å². The van der Waals surface area contributed by atoms with E-state index in [-0.39, 0.29) is 5.56 Å². The smallest absolute Gasteiger partial charge is 0.247 e. The van der Waals surface area contributed by atoms with E-state index in [0.717, 1.165) is 54.9 Å². The number of hydrogen-bond acceptors (Lipinski definition) is 5. The molecule has 0 bridgehead atoms. The number of nitrogens with one attached hydrogen (secondary N) is 2. The molecule has 2 saturated heterocycles. The number of nitrogen functional groups attached to an aromatic ring is 1. The summed E-state index contributed by atoms with van der Waals surface area (Å²) in [5.74, 6) is 1.01. The second-order valence-electron chi connectivity index (χ2n) is 8.48. The number of anilines is 1. The highest BCUT2D eigenvalue weighted by Gasteiger charge is 2.25. The van der Waals surface area contributed by atoms with E-state index in [1.54, 1.807) is 12.3 Å². The molecule has 0 aliphatic carbocycles. The maximum Gasteiger partial charge on any atom is 0.247 e. The summed E-state index contributed by atoms with van der Waals surface area (Å²) in [6.45, 7) is 2.75. The van der Waals surface area contributed by atoms with E-state index < -0.39 is 0 Å². The van der Waals surface area contributed by atoms with Gasteiger partial charge in [-0.15, -0.1) is 0 Å². The maximum atomic E-state index is 11.4. The van der Waals surface area contributed by atoms with Gasteiger partial charge in [0.2, 0.25) is 5.56 Å². The topological polar surface area (TPSA) is 93.0 Å². The molecule has 2 fully saturated rings. The van der Waals surface area contributed by atoms with Gasteiger partial charge in [0.1, 0.15) is 5.82 Å². The molecule has 4 N–H and O–H groups in total. The Morgan fingerprint density at radius 1 is 0.968 bits per heavy atom. The third-order valence-electron chi connectivity index (χ3n) is 6.53. The predicted molar refractivity (Wildman–Crippen MR) is 123 cm³/mol. The van der Waals surface area contributed by atoms with Crippen LogP contribution in [0.4, 0.5) is 5.82 Å². The minimum absolute atomic E-state index is 0.135. The lowest BCUT2D eigenvalue weighted by atomic mass is 9.84. The van der Waals surface area contributed by atoms with E-state index in [1.165, 1.54) is 30.0 Å². The summed E-state index contributed by atoms with van der Waals surface area (Å²) in [6, 6.07) is 12.6. The quantitative estimate of drug-likeness (QED) is 0.598. The molecule has 0 amide bonds. The molecule has 3 aromatic rings. The molecule has 6 heteroatoms. The largest absolute Gasteiger partial charge is 0.383 e. The number of H-pyrrole nitrogens is 1. The number of benzene rings is 1. The first kappa shape index (κ1) is 20.0. The van der Waals surface area contributed by atoms with Gasteiger partial charge in [0.15, 0.2) is 0 Å². The lowest BCUT2D eigenvalue weighted by molar-refractivity contribution is 0.0851. The molecule has 31 heavy (non-hydrogen) atoms. The minimum Gasteiger partial charge on any atom is -0.383 e. The fourth-order valence-electron chi connectivity index (χ4n) is 4.83. The van der Waals surface area contributed by atoms with Crippen LogP contribution in [0.5, 0.6) is 0 Å². The van der Waals surface area contributed by atoms with Crippen molar-refractivity contribution < 1.29 is 4.74 Å². The van der Waals surface area contributed by atoms with Crippen LogP contribution in [0.1, 0.15) is 48.8 Å². The summed E-state index contributed by atoms with van der Waals surface area (Å²) < 4.78 is 5.60. The average Bonchev–Trinajstić information content (AvgIpc) is 3.35. The van der Waals surface area contributed by atoms with Crippen LogP contribution in [-0.2, 0) is 4.74 Å². The summed E-state index contributed by atoms with van der Waals surface area (Å²) in [5, 5.41) is 3.68. The summed E-state index contributed by atoms with van der Waals surface area (Å²) in [7, 11) is 0. The Hall–Kier alpha value is -2.96. The first-order chi connectivity index (χ1) is 15.2. The maximum absolute atomic E-state index is 11.4. The normalized spacial score (nSPS) is 19.5. The third kappa shape index (κ3) is 4.13. The van der Waals surface area contributed by atoms with Crippen LogP contribution in [0.15, 0.2) is 53.6 Å². The zero-order chi connectivity index (χ0) is 21.2. The number of aromatic amines is 1. The van der Waals surface area contributed by atoms with Crippen LogP contribution >= 0.6 is 0 Å². The Morgan fingerprint density at radius 2 is 1.81 bits per heavy atom. The fraction of sp³-hybridized carbons (Fsp3) is 0.360. The van der Waals surface area contributed by atoms with Crippen LogP contribution in [-0.4, -0.2) is 29.7 Å². The predicted octanol–water partition coefficient (Wildman–Crippen LogP) is 4.00. The van der Waals surface area contributed by atoms with Gasteiger partial charge in [-0.05, 0) is 73.0 Å². The molecule has 2 aromatic heterocycles. The van der Waals surface area contributed by atoms with E-state index in [1.807, 2.05) is 6.20 Å². The highest BCUT2D eigenvalue weighted by atomic mass is 16.5. The van der Waals surface area contributed by atoms with Crippen molar-refractivity contribution in [3.63, 3.8) is 0 Å². The van der Waals surface area contributed by atoms with Crippen LogP contribution in [0.3, 0.4) is 0 Å². The van der Waals surface area contributed by atoms with Crippen molar-refractivity contribution in [1.29, 1.82) is 0 Å². The molecule has 6 nitrogen and oxygen atoms in total. The number of pyridine rings is 2. The van der Waals surface area contributed by atoms with E-state index >= 15 is 0 Å². The molecule has 0 spiro atoms. The Kier molecular flexibility index (Phi) is 5.57. The van der Waals surface area contributed by atoms with Gasteiger partial charge in [-0.25, -0.2) is 4.98 Å². The number of rotatable bonds is 4. The first-order valence-corrected chi connectivity index (χ1v) is 11.1. The van der Waals surface area contributed by atoms with E-state index in [0.29, 0.717) is 17.8 Å². The molecule has 0 saturated carbocycles. The van der Waals surface area contributed by atoms with Gasteiger partial charge in [0.05, 0.1) is 0 Å². The Bertz CT molecular complexity index is 1110. The van der Waals surface area contributed by atoms with Crippen molar-refractivity contribution in [1.82, 2.24) is 15.3 Å². The highest BCUT2D eigenvalue weighted by molar-refractivity contribution is 5.79. The zero-order valence-electron chi connectivity index (χ0n) is 17.6. The van der Waals surface area contributed by atoms with Crippen molar-refractivity contribution in [2.45, 2.75) is 37.6 Å². The van der Waals surface area contributed by atoms with E-state index in [4.69, 9.17) is 10.5 Å². The molecular formula is C25H28N4O2. The highest BCUT2D eigenvalue weighted by Crippen LogP contribution is 2.38. The van der Waals surface area contributed by atoms with Gasteiger partial charge in [-0.3, -0.25) is 4.79 Å². The molecule has 2 aliphatic heterocycles. The SMILES string of the molecule is Nc1ncc(-c2ccc(C3CCOCC3)c([C@@H]3CCCN3)c2)cc1-c1ccc(=O)[nH]c1. The molecular weight excluding hydrogens is 388 g/mol. The molecule has 0 radical (unpaired) electrons. The van der Waals surface area contributed by atoms with E-state index in [2.05, 4.69) is 39.6 Å². The van der Waals surface area contributed by atoms with Crippen molar-refractivity contribution >= 4 is 5.82 Å². The second kappa shape index (κ2) is 8.65. The average molecular weight is 417 g/mol. The number of hydrogen-bond donors (Lipinski definition) is 3. The first-order valence-electron chi connectivity index (χ1n) is 11.1. The standard InChI is InChI=1S/C25H28N4O2/c26-25-21(18-4-6-24(30)28-14-18)13-19(15-29-25)17-3-5-20(16-7-10-31-11-8-16)22(12-17)23-2-1-9-27-23/h3-6,12-16,23,27H,1-2,7-11H2,(H2,26,29)(H,28,30)/t23-/m0/s1. The molecule has 0 unspecified atom stereocenters. The lowest BCUT2D eigenvalue weighted by Gasteiger charge is -2.27. The van der Waals surface area contributed by atoms with Crippen molar-refractivity contribution in [2.75, 3.05) is 25.5 Å². The lowest BCUT2D eigenvalue weighted by Crippen LogP contribution is -2.19. The molecule has 2 aliphatic rings. The van der Waals surface area contributed by atoms with Gasteiger partial charge in [-0.1, -0.05) is 12.1 Å². The van der Waals surface area contributed by atoms with Gasteiger partial charge in [0, 0.05) is 54.4 Å². The Balaban J connectivity index is 1.55. The molecule has 4 heterocycles. The molecule has 160 valence electrons. The number of nitrogens with zero attached hydrogens (tertiary/aromatic N) is 1. The van der Waals surface area contributed by atoms with Gasteiger partial charge >= 0.3 is 0 Å². The molecule has 5 rings (SSSR count).